The summed E-state index contributed by atoms with van der Waals surface area (Å²) >= 11 is 0. The number of carbonyl (C=O) groups is 1. The van der Waals surface area contributed by atoms with E-state index in [1.165, 1.54) is 16.8 Å². The van der Waals surface area contributed by atoms with Crippen molar-refractivity contribution in [3.8, 4) is 0 Å². The van der Waals surface area contributed by atoms with Gasteiger partial charge >= 0.3 is 11.7 Å². The molecule has 1 aromatic heterocycles. The maximum Gasteiger partial charge on any atom is 0.328 e. The van der Waals surface area contributed by atoms with Gasteiger partial charge in [0.2, 0.25) is 0 Å². The van der Waals surface area contributed by atoms with Gasteiger partial charge in [-0.2, -0.15) is 0 Å². The molecular formula is C8H10N2O4. The average Bonchev–Trinajstić information content (AvgIpc) is 2.08. The third kappa shape index (κ3) is 2.89. The zero-order valence-electron chi connectivity index (χ0n) is 7.40. The van der Waals surface area contributed by atoms with Gasteiger partial charge in [-0.3, -0.25) is 14.6 Å². The summed E-state index contributed by atoms with van der Waals surface area (Å²) in [7, 11) is 0. The fraction of sp³-hybridized carbons (Fsp3) is 0.375. The number of hydrogen-bond acceptors (Lipinski definition) is 3. The molecule has 0 unspecified atom stereocenters. The van der Waals surface area contributed by atoms with Crippen LogP contribution < -0.4 is 11.2 Å². The van der Waals surface area contributed by atoms with Crippen molar-refractivity contribution < 1.29 is 9.90 Å². The Morgan fingerprint density at radius 2 is 2.21 bits per heavy atom. The van der Waals surface area contributed by atoms with E-state index in [1.54, 1.807) is 0 Å². The molecule has 0 aliphatic rings. The molecule has 0 atom stereocenters. The number of rotatable bonds is 4. The van der Waals surface area contributed by atoms with Crippen LogP contribution in [0.25, 0.3) is 0 Å². The van der Waals surface area contributed by atoms with Crippen molar-refractivity contribution in [2.24, 2.45) is 0 Å². The van der Waals surface area contributed by atoms with Crippen molar-refractivity contribution in [1.29, 1.82) is 0 Å². The summed E-state index contributed by atoms with van der Waals surface area (Å²) in [4.78, 5) is 34.0. The Morgan fingerprint density at radius 1 is 1.50 bits per heavy atom. The molecule has 6 heteroatoms. The van der Waals surface area contributed by atoms with Crippen LogP contribution in [0.4, 0.5) is 0 Å². The smallest absolute Gasteiger partial charge is 0.328 e. The van der Waals surface area contributed by atoms with Gasteiger partial charge in [-0.25, -0.2) is 4.79 Å². The number of aromatic amines is 1. The molecule has 2 N–H and O–H groups in total. The molecule has 0 saturated heterocycles. The van der Waals surface area contributed by atoms with Gasteiger partial charge < -0.3 is 9.67 Å². The first kappa shape index (κ1) is 10.2. The van der Waals surface area contributed by atoms with E-state index in [0.717, 1.165) is 0 Å². The highest BCUT2D eigenvalue weighted by Gasteiger charge is 1.99. The lowest BCUT2D eigenvalue weighted by molar-refractivity contribution is -0.137. The molecule has 1 heterocycles. The van der Waals surface area contributed by atoms with Crippen molar-refractivity contribution in [2.45, 2.75) is 19.4 Å². The zero-order chi connectivity index (χ0) is 10.6. The topological polar surface area (TPSA) is 92.2 Å². The fourth-order valence-electron chi connectivity index (χ4n) is 1.02. The van der Waals surface area contributed by atoms with E-state index < -0.39 is 17.2 Å². The van der Waals surface area contributed by atoms with Crippen LogP contribution in [0.2, 0.25) is 0 Å². The van der Waals surface area contributed by atoms with Crippen LogP contribution in [0.3, 0.4) is 0 Å². The molecule has 14 heavy (non-hydrogen) atoms. The first-order chi connectivity index (χ1) is 6.59. The maximum absolute atomic E-state index is 11.1. The lowest BCUT2D eigenvalue weighted by atomic mass is 10.3. The molecular weight excluding hydrogens is 188 g/mol. The van der Waals surface area contributed by atoms with Crippen LogP contribution in [-0.4, -0.2) is 20.6 Å². The predicted octanol–water partition coefficient (Wildman–Crippen LogP) is -0.599. The molecule has 0 aliphatic heterocycles. The number of carboxylic acids is 1. The van der Waals surface area contributed by atoms with Crippen molar-refractivity contribution in [3.05, 3.63) is 33.1 Å². The third-order valence-corrected chi connectivity index (χ3v) is 1.69. The number of aryl methyl sites for hydroxylation is 1. The normalized spacial score (nSPS) is 10.0. The summed E-state index contributed by atoms with van der Waals surface area (Å²) in [5, 5.41) is 8.36. The van der Waals surface area contributed by atoms with Crippen LogP contribution in [-0.2, 0) is 11.3 Å². The first-order valence-corrected chi connectivity index (χ1v) is 4.11. The number of aromatic nitrogens is 2. The number of nitrogens with zero attached hydrogens (tertiary/aromatic N) is 1. The highest BCUT2D eigenvalue weighted by molar-refractivity contribution is 5.66. The van der Waals surface area contributed by atoms with Gasteiger partial charge in [0, 0.05) is 25.2 Å². The van der Waals surface area contributed by atoms with Gasteiger partial charge in [0.15, 0.2) is 0 Å². The predicted molar refractivity (Wildman–Crippen MR) is 48.2 cm³/mol. The molecule has 0 aromatic carbocycles. The highest BCUT2D eigenvalue weighted by Crippen LogP contribution is 1.91. The summed E-state index contributed by atoms with van der Waals surface area (Å²) in [6, 6.07) is 1.22. The minimum Gasteiger partial charge on any atom is -0.481 e. The Bertz CT molecular complexity index is 431. The van der Waals surface area contributed by atoms with E-state index in [4.69, 9.17) is 5.11 Å². The van der Waals surface area contributed by atoms with E-state index >= 15 is 0 Å². The number of carboxylic acid groups (broad SMARTS) is 1. The number of H-pyrrole nitrogens is 1. The molecule has 1 aromatic rings. The molecule has 0 radical (unpaired) electrons. The second-order valence-corrected chi connectivity index (χ2v) is 2.80. The average molecular weight is 198 g/mol. The molecule has 0 spiro atoms. The molecule has 0 aliphatic carbocycles. The van der Waals surface area contributed by atoms with Crippen molar-refractivity contribution >= 4 is 5.97 Å². The molecule has 1 rings (SSSR count). The van der Waals surface area contributed by atoms with Crippen LogP contribution in [0.15, 0.2) is 21.9 Å². The van der Waals surface area contributed by atoms with E-state index in [9.17, 15) is 14.4 Å². The molecule has 76 valence electrons. The third-order valence-electron chi connectivity index (χ3n) is 1.69. The van der Waals surface area contributed by atoms with E-state index in [1.807, 2.05) is 0 Å². The van der Waals surface area contributed by atoms with E-state index in [2.05, 4.69) is 4.98 Å². The fourth-order valence-corrected chi connectivity index (χ4v) is 1.02. The highest BCUT2D eigenvalue weighted by atomic mass is 16.4. The van der Waals surface area contributed by atoms with Crippen LogP contribution in [0.5, 0.6) is 0 Å². The van der Waals surface area contributed by atoms with Gasteiger partial charge in [-0.15, -0.1) is 0 Å². The van der Waals surface area contributed by atoms with E-state index in [-0.39, 0.29) is 6.42 Å². The van der Waals surface area contributed by atoms with Gasteiger partial charge in [0.25, 0.3) is 5.56 Å². The van der Waals surface area contributed by atoms with Gasteiger partial charge in [0.1, 0.15) is 0 Å². The number of hydrogen-bond donors (Lipinski definition) is 2. The quantitative estimate of drug-likeness (QED) is 0.675. The lowest BCUT2D eigenvalue weighted by Gasteiger charge is -2.01. The minimum absolute atomic E-state index is 0.00552. The molecule has 6 nitrogen and oxygen atoms in total. The summed E-state index contributed by atoms with van der Waals surface area (Å²) in [6.07, 6.45) is 1.72. The molecule has 0 saturated carbocycles. The standard InChI is InChI=1S/C8H10N2O4/c11-6-3-5-10(8(14)9-6)4-1-2-7(12)13/h3,5H,1-2,4H2,(H,12,13)(H,9,11,14). The second-order valence-electron chi connectivity index (χ2n) is 2.80. The summed E-state index contributed by atoms with van der Waals surface area (Å²) in [5.41, 5.74) is -0.965. The molecule has 0 bridgehead atoms. The van der Waals surface area contributed by atoms with Crippen molar-refractivity contribution in [1.82, 2.24) is 9.55 Å². The van der Waals surface area contributed by atoms with Gasteiger partial charge in [-0.1, -0.05) is 0 Å². The monoisotopic (exact) mass is 198 g/mol. The van der Waals surface area contributed by atoms with Crippen LogP contribution in [0.1, 0.15) is 12.8 Å². The Kier molecular flexibility index (Phi) is 3.22. The summed E-state index contributed by atoms with van der Waals surface area (Å²) in [6.45, 7) is 0.294. The Labute approximate surface area is 78.8 Å². The first-order valence-electron chi connectivity index (χ1n) is 4.11. The van der Waals surface area contributed by atoms with Gasteiger partial charge in [0.05, 0.1) is 0 Å². The number of aliphatic carboxylic acids is 1. The maximum atomic E-state index is 11.1. The summed E-state index contributed by atoms with van der Waals surface area (Å²) in [5.74, 6) is -0.900. The Morgan fingerprint density at radius 3 is 2.79 bits per heavy atom. The van der Waals surface area contributed by atoms with Crippen molar-refractivity contribution in [3.63, 3.8) is 0 Å². The SMILES string of the molecule is O=C(O)CCCn1ccc(=O)[nH]c1=O. The lowest BCUT2D eigenvalue weighted by Crippen LogP contribution is -2.28. The molecule has 0 amide bonds. The Balaban J connectivity index is 2.64. The zero-order valence-corrected chi connectivity index (χ0v) is 7.40. The minimum atomic E-state index is -0.900. The van der Waals surface area contributed by atoms with E-state index in [0.29, 0.717) is 13.0 Å². The van der Waals surface area contributed by atoms with Crippen molar-refractivity contribution in [2.75, 3.05) is 0 Å². The Hall–Kier alpha value is -1.85. The summed E-state index contributed by atoms with van der Waals surface area (Å²) < 4.78 is 1.27. The second kappa shape index (κ2) is 4.40. The van der Waals surface area contributed by atoms with Crippen LogP contribution >= 0.6 is 0 Å². The largest absolute Gasteiger partial charge is 0.481 e. The molecule has 0 fully saturated rings. The van der Waals surface area contributed by atoms with Gasteiger partial charge in [-0.05, 0) is 6.42 Å². The van der Waals surface area contributed by atoms with Crippen LogP contribution in [0, 0.1) is 0 Å². The number of nitrogens with one attached hydrogen (secondary N) is 1.